The first-order valence-corrected chi connectivity index (χ1v) is 12.4. The molecule has 0 aliphatic carbocycles. The van der Waals surface area contributed by atoms with Crippen LogP contribution in [0, 0.1) is 5.41 Å². The highest BCUT2D eigenvalue weighted by atomic mass is 32.2. The fourth-order valence-electron chi connectivity index (χ4n) is 3.49. The van der Waals surface area contributed by atoms with Crippen molar-refractivity contribution in [2.75, 3.05) is 19.2 Å². The van der Waals surface area contributed by atoms with Gasteiger partial charge in [-0.3, -0.25) is 24.1 Å². The number of amides is 2. The summed E-state index contributed by atoms with van der Waals surface area (Å²) in [5.41, 5.74) is -1.03. The van der Waals surface area contributed by atoms with Gasteiger partial charge in [0.1, 0.15) is 29.5 Å². The molecule has 2 aliphatic rings. The van der Waals surface area contributed by atoms with E-state index >= 15 is 0 Å². The number of esters is 3. The van der Waals surface area contributed by atoms with Crippen molar-refractivity contribution < 1.29 is 48.5 Å². The Kier molecular flexibility index (Phi) is 8.66. The van der Waals surface area contributed by atoms with Crippen LogP contribution < -0.4 is 5.32 Å². The Balaban J connectivity index is 1.76. The molecule has 2 heterocycles. The van der Waals surface area contributed by atoms with Gasteiger partial charge >= 0.3 is 17.9 Å². The van der Waals surface area contributed by atoms with Gasteiger partial charge in [0.15, 0.2) is 5.71 Å². The molecule has 2 amide bonds. The summed E-state index contributed by atoms with van der Waals surface area (Å²) in [5, 5.41) is 23.8. The van der Waals surface area contributed by atoms with Crippen LogP contribution in [-0.2, 0) is 38.2 Å². The molecule has 0 radical (unpaired) electrons. The molecule has 0 bridgehead atoms. The van der Waals surface area contributed by atoms with Gasteiger partial charge < -0.3 is 29.8 Å². The van der Waals surface area contributed by atoms with Gasteiger partial charge in [0, 0.05) is 23.8 Å². The quantitative estimate of drug-likeness (QED) is 0.105. The number of hydrogen-bond acceptors (Lipinski definition) is 12. The molecular weight excluding hydrogens is 522 g/mol. The van der Waals surface area contributed by atoms with Crippen LogP contribution in [0.15, 0.2) is 40.7 Å². The third-order valence-electron chi connectivity index (χ3n) is 5.40. The van der Waals surface area contributed by atoms with E-state index in [4.69, 9.17) is 14.2 Å². The highest BCUT2D eigenvalue weighted by molar-refractivity contribution is 8.00. The molecule has 1 aromatic carbocycles. The Labute approximate surface area is 221 Å². The first kappa shape index (κ1) is 28.5. The first-order chi connectivity index (χ1) is 17.8. The second kappa shape index (κ2) is 11.5. The summed E-state index contributed by atoms with van der Waals surface area (Å²) in [7, 11) is 0. The summed E-state index contributed by atoms with van der Waals surface area (Å²) in [6, 6.07) is 4.38. The smallest absolute Gasteiger partial charge is 0.358 e. The number of hydrogen-bond donors (Lipinski definition) is 3. The van der Waals surface area contributed by atoms with Gasteiger partial charge in [0.2, 0.25) is 6.79 Å². The minimum atomic E-state index is -1.08. The molecule has 2 atom stereocenters. The standard InChI is InChI=1S/C24H27N3O10S/c1-12(28)35-9-14-10-38-21-17(25-19(30)16(26-34)13-6-5-7-15(29)8-13)20(31)27(21)18(14)22(32)36-11-37-23(33)24(2,3)4/h5-8,17,21,29,34H,9-11H2,1-4H3,(H,25,30)/t17-,21-/m1/s1. The molecule has 2 aliphatic heterocycles. The van der Waals surface area contributed by atoms with Crippen LogP contribution in [-0.4, -0.2) is 81.2 Å². The van der Waals surface area contributed by atoms with E-state index in [9.17, 15) is 34.3 Å². The van der Waals surface area contributed by atoms with Crippen molar-refractivity contribution in [3.8, 4) is 5.75 Å². The number of thioether (sulfide) groups is 1. The number of ether oxygens (including phenoxy) is 3. The first-order valence-electron chi connectivity index (χ1n) is 11.3. The number of nitrogens with one attached hydrogen (secondary N) is 1. The molecule has 1 saturated heterocycles. The van der Waals surface area contributed by atoms with Gasteiger partial charge in [-0.15, -0.1) is 11.8 Å². The zero-order chi connectivity index (χ0) is 28.2. The van der Waals surface area contributed by atoms with Gasteiger partial charge in [-0.25, -0.2) is 4.79 Å². The monoisotopic (exact) mass is 549 g/mol. The van der Waals surface area contributed by atoms with Crippen molar-refractivity contribution in [1.29, 1.82) is 0 Å². The Morgan fingerprint density at radius 3 is 2.50 bits per heavy atom. The van der Waals surface area contributed by atoms with Crippen molar-refractivity contribution in [2.45, 2.75) is 39.1 Å². The van der Waals surface area contributed by atoms with E-state index in [2.05, 4.69) is 10.5 Å². The number of fused-ring (bicyclic) bond motifs is 1. The second-order valence-corrected chi connectivity index (χ2v) is 10.4. The lowest BCUT2D eigenvalue weighted by atomic mass is 9.98. The van der Waals surface area contributed by atoms with Gasteiger partial charge in [0.05, 0.1) is 5.41 Å². The molecule has 0 spiro atoms. The van der Waals surface area contributed by atoms with Crippen LogP contribution in [0.2, 0.25) is 0 Å². The number of β-lactam (4-membered cyclic amide) rings is 1. The summed E-state index contributed by atoms with van der Waals surface area (Å²) in [6.45, 7) is 5.10. The van der Waals surface area contributed by atoms with E-state index in [0.717, 1.165) is 4.90 Å². The number of rotatable bonds is 8. The summed E-state index contributed by atoms with van der Waals surface area (Å²) < 4.78 is 15.1. The van der Waals surface area contributed by atoms with Crippen LogP contribution in [0.1, 0.15) is 33.3 Å². The summed E-state index contributed by atoms with van der Waals surface area (Å²) in [4.78, 5) is 63.2. The Bertz CT molecular complexity index is 1220. The predicted molar refractivity (Wildman–Crippen MR) is 132 cm³/mol. The van der Waals surface area contributed by atoms with Crippen LogP contribution in [0.4, 0.5) is 0 Å². The third-order valence-corrected chi connectivity index (χ3v) is 6.74. The zero-order valence-electron chi connectivity index (χ0n) is 21.0. The average molecular weight is 550 g/mol. The van der Waals surface area contributed by atoms with E-state index in [-0.39, 0.29) is 29.4 Å². The third kappa shape index (κ3) is 6.25. The molecular formula is C24H27N3O10S. The maximum Gasteiger partial charge on any atom is 0.358 e. The van der Waals surface area contributed by atoms with E-state index in [0.29, 0.717) is 5.57 Å². The van der Waals surface area contributed by atoms with E-state index in [1.165, 1.54) is 43.0 Å². The van der Waals surface area contributed by atoms with E-state index in [1.54, 1.807) is 20.8 Å². The van der Waals surface area contributed by atoms with Gasteiger partial charge in [-0.2, -0.15) is 0 Å². The van der Waals surface area contributed by atoms with Crippen molar-refractivity contribution >= 4 is 47.2 Å². The van der Waals surface area contributed by atoms with E-state index in [1.807, 2.05) is 0 Å². The van der Waals surface area contributed by atoms with Gasteiger partial charge in [-0.1, -0.05) is 17.3 Å². The highest BCUT2D eigenvalue weighted by Gasteiger charge is 2.54. The number of phenolic OH excluding ortho intramolecular Hbond substituents is 1. The van der Waals surface area contributed by atoms with Crippen molar-refractivity contribution in [3.63, 3.8) is 0 Å². The molecule has 0 aromatic heterocycles. The number of carbonyl (C=O) groups excluding carboxylic acids is 5. The van der Waals surface area contributed by atoms with Crippen LogP contribution in [0.3, 0.4) is 0 Å². The van der Waals surface area contributed by atoms with Crippen LogP contribution >= 0.6 is 11.8 Å². The SMILES string of the molecule is CC(=O)OCC1=C(C(=O)OCOC(=O)C(C)(C)C)N2C(=O)[C@@H](NC(=O)C(=NO)c3cccc(O)c3)[C@H]2SC1. The normalized spacial score (nSPS) is 19.2. The molecule has 0 unspecified atom stereocenters. The summed E-state index contributed by atoms with van der Waals surface area (Å²) >= 11 is 1.20. The maximum absolute atomic E-state index is 13.1. The Morgan fingerprint density at radius 2 is 1.89 bits per heavy atom. The average Bonchev–Trinajstić information content (AvgIpc) is 2.85. The lowest BCUT2D eigenvalue weighted by Crippen LogP contribution is -2.71. The minimum absolute atomic E-state index is 0.113. The topological polar surface area (TPSA) is 181 Å². The number of phenols is 1. The van der Waals surface area contributed by atoms with Crippen molar-refractivity contribution in [3.05, 3.63) is 41.1 Å². The fraction of sp³-hybridized carbons (Fsp3) is 0.417. The molecule has 13 nitrogen and oxygen atoms in total. The minimum Gasteiger partial charge on any atom is -0.508 e. The Hall–Kier alpha value is -4.07. The molecule has 0 saturated carbocycles. The molecule has 38 heavy (non-hydrogen) atoms. The van der Waals surface area contributed by atoms with Gasteiger partial charge in [-0.05, 0) is 32.9 Å². The number of benzene rings is 1. The molecule has 14 heteroatoms. The largest absolute Gasteiger partial charge is 0.508 e. The molecule has 3 N–H and O–H groups in total. The molecule has 1 fully saturated rings. The van der Waals surface area contributed by atoms with Crippen molar-refractivity contribution in [2.24, 2.45) is 10.6 Å². The predicted octanol–water partition coefficient (Wildman–Crippen LogP) is 0.878. The molecule has 1 aromatic rings. The second-order valence-electron chi connectivity index (χ2n) is 9.32. The Morgan fingerprint density at radius 1 is 1.18 bits per heavy atom. The number of aromatic hydroxyl groups is 1. The molecule has 204 valence electrons. The lowest BCUT2D eigenvalue weighted by Gasteiger charge is -2.49. The van der Waals surface area contributed by atoms with Crippen LogP contribution in [0.5, 0.6) is 5.75 Å². The highest BCUT2D eigenvalue weighted by Crippen LogP contribution is 2.40. The van der Waals surface area contributed by atoms with E-state index < -0.39 is 59.1 Å². The summed E-state index contributed by atoms with van der Waals surface area (Å²) in [5.74, 6) is -3.73. The lowest BCUT2D eigenvalue weighted by molar-refractivity contribution is -0.173. The van der Waals surface area contributed by atoms with Crippen LogP contribution in [0.25, 0.3) is 0 Å². The van der Waals surface area contributed by atoms with Crippen molar-refractivity contribution in [1.82, 2.24) is 10.2 Å². The number of oxime groups is 1. The fourth-order valence-corrected chi connectivity index (χ4v) is 4.82. The number of nitrogens with zero attached hydrogens (tertiary/aromatic N) is 2. The zero-order valence-corrected chi connectivity index (χ0v) is 21.9. The maximum atomic E-state index is 13.1. The molecule has 3 rings (SSSR count). The van der Waals surface area contributed by atoms with Gasteiger partial charge in [0.25, 0.3) is 11.8 Å². The summed E-state index contributed by atoms with van der Waals surface area (Å²) in [6.07, 6.45) is 0. The number of carbonyl (C=O) groups is 5.